The number of nitrogens with one attached hydrogen (secondary N) is 1. The average Bonchev–Trinajstić information content (AvgIpc) is 2.18. The van der Waals surface area contributed by atoms with Crippen molar-refractivity contribution in [1.82, 2.24) is 9.97 Å². The van der Waals surface area contributed by atoms with Gasteiger partial charge in [0.05, 0.1) is 12.1 Å². The lowest BCUT2D eigenvalue weighted by Gasteiger charge is -2.17. The lowest BCUT2D eigenvalue weighted by atomic mass is 10.2. The molecular weight excluding hydrogens is 178 g/mol. The largest absolute Gasteiger partial charge is 0.391 e. The van der Waals surface area contributed by atoms with Crippen LogP contribution < -0.4 is 5.32 Å². The summed E-state index contributed by atoms with van der Waals surface area (Å²) in [6.45, 7) is 5.71. The van der Waals surface area contributed by atoms with Crippen molar-refractivity contribution in [3.8, 4) is 0 Å². The van der Waals surface area contributed by atoms with E-state index in [1.165, 1.54) is 6.33 Å². The Morgan fingerprint density at radius 1 is 1.43 bits per heavy atom. The van der Waals surface area contributed by atoms with E-state index >= 15 is 0 Å². The van der Waals surface area contributed by atoms with Crippen LogP contribution in [0.15, 0.2) is 12.4 Å². The van der Waals surface area contributed by atoms with E-state index < -0.39 is 6.10 Å². The van der Waals surface area contributed by atoms with Crippen LogP contribution in [0.25, 0.3) is 0 Å². The third-order valence-electron chi connectivity index (χ3n) is 2.19. The topological polar surface area (TPSA) is 58.0 Å². The maximum absolute atomic E-state index is 9.30. The summed E-state index contributed by atoms with van der Waals surface area (Å²) in [4.78, 5) is 8.17. The van der Waals surface area contributed by atoms with E-state index in [1.807, 2.05) is 19.9 Å². The fourth-order valence-electron chi connectivity index (χ4n) is 1.02. The van der Waals surface area contributed by atoms with Crippen LogP contribution in [-0.2, 0) is 6.42 Å². The highest BCUT2D eigenvalue weighted by Crippen LogP contribution is 2.07. The molecule has 1 aromatic heterocycles. The molecule has 0 aliphatic carbocycles. The number of hydrogen-bond donors (Lipinski definition) is 2. The first-order valence-corrected chi connectivity index (χ1v) is 4.89. The fourth-order valence-corrected chi connectivity index (χ4v) is 1.02. The van der Waals surface area contributed by atoms with Crippen molar-refractivity contribution in [2.45, 2.75) is 39.3 Å². The Hall–Kier alpha value is -1.16. The number of aliphatic hydroxyl groups is 1. The zero-order valence-electron chi connectivity index (χ0n) is 8.86. The summed E-state index contributed by atoms with van der Waals surface area (Å²) in [5.74, 6) is 0.769. The van der Waals surface area contributed by atoms with Gasteiger partial charge in [0.2, 0.25) is 0 Å². The van der Waals surface area contributed by atoms with Gasteiger partial charge in [-0.2, -0.15) is 0 Å². The van der Waals surface area contributed by atoms with Crippen LogP contribution in [0.5, 0.6) is 0 Å². The maximum Gasteiger partial charge on any atom is 0.129 e. The van der Waals surface area contributed by atoms with E-state index in [4.69, 9.17) is 0 Å². The molecule has 4 nitrogen and oxygen atoms in total. The molecule has 0 aliphatic rings. The molecular formula is C10H17N3O. The molecule has 14 heavy (non-hydrogen) atoms. The van der Waals surface area contributed by atoms with Crippen molar-refractivity contribution >= 4 is 5.82 Å². The summed E-state index contributed by atoms with van der Waals surface area (Å²) in [6.07, 6.45) is 2.03. The first-order chi connectivity index (χ1) is 6.63. The number of aromatic nitrogens is 2. The number of hydrogen-bond acceptors (Lipinski definition) is 4. The van der Waals surface area contributed by atoms with Gasteiger partial charge in [-0.15, -0.1) is 0 Å². The Labute approximate surface area is 84.4 Å². The Kier molecular flexibility index (Phi) is 3.83. The van der Waals surface area contributed by atoms with Gasteiger partial charge in [-0.25, -0.2) is 9.97 Å². The van der Waals surface area contributed by atoms with Crippen molar-refractivity contribution in [2.24, 2.45) is 0 Å². The van der Waals surface area contributed by atoms with E-state index in [-0.39, 0.29) is 6.04 Å². The number of nitrogens with zero attached hydrogens (tertiary/aromatic N) is 2. The minimum Gasteiger partial charge on any atom is -0.391 e. The SMILES string of the molecule is CCc1cc(NC(C)C(C)O)ncn1. The first kappa shape index (κ1) is 10.9. The summed E-state index contributed by atoms with van der Waals surface area (Å²) >= 11 is 0. The zero-order chi connectivity index (χ0) is 10.6. The van der Waals surface area contributed by atoms with Crippen LogP contribution in [0, 0.1) is 0 Å². The molecule has 0 bridgehead atoms. The Morgan fingerprint density at radius 3 is 2.71 bits per heavy atom. The van der Waals surface area contributed by atoms with Gasteiger partial charge in [-0.05, 0) is 20.3 Å². The normalized spacial score (nSPS) is 14.9. The first-order valence-electron chi connectivity index (χ1n) is 4.89. The molecule has 0 saturated heterocycles. The van der Waals surface area contributed by atoms with Crippen LogP contribution in [0.4, 0.5) is 5.82 Å². The standard InChI is InChI=1S/C10H17N3O/c1-4-9-5-10(12-6-11-9)13-7(2)8(3)14/h5-8,14H,4H2,1-3H3,(H,11,12,13). The summed E-state index contributed by atoms with van der Waals surface area (Å²) in [6, 6.07) is 1.90. The van der Waals surface area contributed by atoms with E-state index in [0.29, 0.717) is 0 Å². The van der Waals surface area contributed by atoms with Crippen molar-refractivity contribution in [2.75, 3.05) is 5.32 Å². The smallest absolute Gasteiger partial charge is 0.129 e. The average molecular weight is 195 g/mol. The molecule has 0 fully saturated rings. The molecule has 0 spiro atoms. The molecule has 0 radical (unpaired) electrons. The molecule has 2 N–H and O–H groups in total. The van der Waals surface area contributed by atoms with Gasteiger partial charge in [0, 0.05) is 11.8 Å². The monoisotopic (exact) mass is 195 g/mol. The maximum atomic E-state index is 9.30. The Morgan fingerprint density at radius 2 is 2.14 bits per heavy atom. The molecule has 0 aromatic carbocycles. The number of anilines is 1. The van der Waals surface area contributed by atoms with E-state index in [1.54, 1.807) is 6.92 Å². The van der Waals surface area contributed by atoms with Crippen LogP contribution in [-0.4, -0.2) is 27.2 Å². The minimum atomic E-state index is -0.393. The second-order valence-electron chi connectivity index (χ2n) is 3.42. The van der Waals surface area contributed by atoms with Gasteiger partial charge in [0.15, 0.2) is 0 Å². The van der Waals surface area contributed by atoms with Gasteiger partial charge in [0.25, 0.3) is 0 Å². The highest BCUT2D eigenvalue weighted by Gasteiger charge is 2.08. The lowest BCUT2D eigenvalue weighted by Crippen LogP contribution is -2.28. The summed E-state index contributed by atoms with van der Waals surface area (Å²) < 4.78 is 0. The van der Waals surface area contributed by atoms with E-state index in [2.05, 4.69) is 15.3 Å². The van der Waals surface area contributed by atoms with E-state index in [0.717, 1.165) is 17.9 Å². The molecule has 2 atom stereocenters. The van der Waals surface area contributed by atoms with Crippen molar-refractivity contribution in [3.63, 3.8) is 0 Å². The number of rotatable bonds is 4. The molecule has 78 valence electrons. The second-order valence-corrected chi connectivity index (χ2v) is 3.42. The molecule has 4 heteroatoms. The van der Waals surface area contributed by atoms with Crippen LogP contribution in [0.3, 0.4) is 0 Å². The predicted octanol–water partition coefficient (Wildman–Crippen LogP) is 1.22. The molecule has 2 unspecified atom stereocenters. The van der Waals surface area contributed by atoms with Crippen LogP contribution >= 0.6 is 0 Å². The molecule has 0 saturated carbocycles. The van der Waals surface area contributed by atoms with Crippen molar-refractivity contribution in [3.05, 3.63) is 18.1 Å². The second kappa shape index (κ2) is 4.91. The third-order valence-corrected chi connectivity index (χ3v) is 2.19. The fraction of sp³-hybridized carbons (Fsp3) is 0.600. The molecule has 1 aromatic rings. The zero-order valence-corrected chi connectivity index (χ0v) is 8.86. The van der Waals surface area contributed by atoms with Crippen molar-refractivity contribution in [1.29, 1.82) is 0 Å². The minimum absolute atomic E-state index is 0.00499. The van der Waals surface area contributed by atoms with Gasteiger partial charge in [0.1, 0.15) is 12.1 Å². The number of aliphatic hydroxyl groups excluding tert-OH is 1. The summed E-state index contributed by atoms with van der Waals surface area (Å²) in [7, 11) is 0. The van der Waals surface area contributed by atoms with Gasteiger partial charge in [-0.3, -0.25) is 0 Å². The molecule has 1 rings (SSSR count). The Balaban J connectivity index is 2.66. The van der Waals surface area contributed by atoms with Gasteiger partial charge in [-0.1, -0.05) is 6.92 Å². The summed E-state index contributed by atoms with van der Waals surface area (Å²) in [5.41, 5.74) is 1.00. The van der Waals surface area contributed by atoms with Crippen molar-refractivity contribution < 1.29 is 5.11 Å². The molecule has 1 heterocycles. The van der Waals surface area contributed by atoms with Crippen LogP contribution in [0.2, 0.25) is 0 Å². The molecule has 0 aliphatic heterocycles. The van der Waals surface area contributed by atoms with Gasteiger partial charge < -0.3 is 10.4 Å². The predicted molar refractivity (Wildman–Crippen MR) is 56.2 cm³/mol. The third kappa shape index (κ3) is 2.96. The Bertz CT molecular complexity index is 288. The highest BCUT2D eigenvalue weighted by atomic mass is 16.3. The van der Waals surface area contributed by atoms with E-state index in [9.17, 15) is 5.11 Å². The highest BCUT2D eigenvalue weighted by molar-refractivity contribution is 5.36. The van der Waals surface area contributed by atoms with Crippen LogP contribution in [0.1, 0.15) is 26.5 Å². The summed E-state index contributed by atoms with van der Waals surface area (Å²) in [5, 5.41) is 12.4. The molecule has 0 amide bonds. The lowest BCUT2D eigenvalue weighted by molar-refractivity contribution is 0.177. The quantitative estimate of drug-likeness (QED) is 0.758. The van der Waals surface area contributed by atoms with Gasteiger partial charge >= 0.3 is 0 Å². The number of aryl methyl sites for hydroxylation is 1.